The van der Waals surface area contributed by atoms with E-state index in [2.05, 4.69) is 39.0 Å². The van der Waals surface area contributed by atoms with Gasteiger partial charge in [-0.2, -0.15) is 0 Å². The van der Waals surface area contributed by atoms with E-state index in [4.69, 9.17) is 4.98 Å². The van der Waals surface area contributed by atoms with Crippen molar-refractivity contribution >= 4 is 17.4 Å². The molecule has 4 heterocycles. The first kappa shape index (κ1) is 21.3. The molecule has 0 aromatic carbocycles. The SMILES string of the molecule is Cc1cc(Nc2ccccn2)cc(C2CCCN(C(=O)C3NNC4CCC(C)CC43)C2)n1. The van der Waals surface area contributed by atoms with Crippen molar-refractivity contribution in [2.24, 2.45) is 11.8 Å². The number of aryl methyl sites for hydroxylation is 1. The molecule has 5 rings (SSSR count). The number of pyridine rings is 2. The maximum atomic E-state index is 13.5. The normalized spacial score (nSPS) is 30.1. The molecule has 2 aliphatic heterocycles. The Morgan fingerprint density at radius 1 is 1.19 bits per heavy atom. The molecule has 5 atom stereocenters. The largest absolute Gasteiger partial charge is 0.341 e. The van der Waals surface area contributed by atoms with Gasteiger partial charge in [-0.15, -0.1) is 0 Å². The van der Waals surface area contributed by atoms with Crippen LogP contribution in [0.15, 0.2) is 36.5 Å². The number of anilines is 2. The number of nitrogens with one attached hydrogen (secondary N) is 3. The Balaban J connectivity index is 1.29. The van der Waals surface area contributed by atoms with Gasteiger partial charge in [0.25, 0.3) is 0 Å². The lowest BCUT2D eigenvalue weighted by Crippen LogP contribution is -2.51. The molecule has 5 unspecified atom stereocenters. The van der Waals surface area contributed by atoms with Crippen LogP contribution in [0.1, 0.15) is 56.3 Å². The molecule has 2 saturated heterocycles. The van der Waals surface area contributed by atoms with E-state index in [-0.39, 0.29) is 17.9 Å². The van der Waals surface area contributed by atoms with Gasteiger partial charge in [-0.05, 0) is 69.2 Å². The van der Waals surface area contributed by atoms with Crippen LogP contribution in [-0.2, 0) is 4.79 Å². The van der Waals surface area contributed by atoms with Crippen molar-refractivity contribution in [1.82, 2.24) is 25.7 Å². The summed E-state index contributed by atoms with van der Waals surface area (Å²) in [5.74, 6) is 2.43. The molecule has 0 radical (unpaired) electrons. The fourth-order valence-corrected chi connectivity index (χ4v) is 5.70. The fourth-order valence-electron chi connectivity index (χ4n) is 5.70. The summed E-state index contributed by atoms with van der Waals surface area (Å²) in [4.78, 5) is 24.8. The van der Waals surface area contributed by atoms with Crippen molar-refractivity contribution in [1.29, 1.82) is 0 Å². The summed E-state index contributed by atoms with van der Waals surface area (Å²) >= 11 is 0. The van der Waals surface area contributed by atoms with Crippen LogP contribution in [0.5, 0.6) is 0 Å². The lowest BCUT2D eigenvalue weighted by molar-refractivity contribution is -0.135. The van der Waals surface area contributed by atoms with Gasteiger partial charge in [0.05, 0.1) is 0 Å². The van der Waals surface area contributed by atoms with Crippen LogP contribution in [-0.4, -0.2) is 45.9 Å². The van der Waals surface area contributed by atoms with Crippen molar-refractivity contribution in [3.63, 3.8) is 0 Å². The number of hydrogen-bond donors (Lipinski definition) is 3. The van der Waals surface area contributed by atoms with Crippen LogP contribution in [0.3, 0.4) is 0 Å². The van der Waals surface area contributed by atoms with E-state index in [9.17, 15) is 4.79 Å². The number of amides is 1. The van der Waals surface area contributed by atoms with E-state index < -0.39 is 0 Å². The van der Waals surface area contributed by atoms with Crippen molar-refractivity contribution in [3.8, 4) is 0 Å². The van der Waals surface area contributed by atoms with E-state index in [0.717, 1.165) is 61.7 Å². The number of rotatable bonds is 4. The number of fused-ring (bicyclic) bond motifs is 1. The number of carbonyl (C=O) groups is 1. The summed E-state index contributed by atoms with van der Waals surface area (Å²) in [5, 5.41) is 3.39. The Bertz CT molecular complexity index is 951. The monoisotopic (exact) mass is 434 g/mol. The van der Waals surface area contributed by atoms with Crippen LogP contribution in [0.25, 0.3) is 0 Å². The summed E-state index contributed by atoms with van der Waals surface area (Å²) in [6, 6.07) is 10.3. The standard InChI is InChI=1S/C25H34N6O/c1-16-8-9-21-20(12-16)24(30-29-21)25(32)31-11-5-6-18(15-31)22-14-19(13-17(2)27-22)28-23-7-3-4-10-26-23/h3-4,7,10,13-14,16,18,20-21,24,29-30H,5-6,8-9,11-12,15H2,1-2H3,(H,26,27,28). The minimum absolute atomic E-state index is 0.103. The zero-order valence-electron chi connectivity index (χ0n) is 19.1. The van der Waals surface area contributed by atoms with Gasteiger partial charge < -0.3 is 10.2 Å². The molecule has 3 fully saturated rings. The second-order valence-electron chi connectivity index (χ2n) is 9.84. The number of likely N-dealkylation sites (tertiary alicyclic amines) is 1. The molecular formula is C25H34N6O. The summed E-state index contributed by atoms with van der Waals surface area (Å²) in [6.07, 6.45) is 7.38. The minimum atomic E-state index is -0.103. The van der Waals surface area contributed by atoms with E-state index in [0.29, 0.717) is 17.9 Å². The number of hydrogen-bond acceptors (Lipinski definition) is 6. The third kappa shape index (κ3) is 4.50. The maximum Gasteiger partial charge on any atom is 0.241 e. The van der Waals surface area contributed by atoms with Crippen molar-refractivity contribution in [2.45, 2.75) is 64.0 Å². The molecule has 3 N–H and O–H groups in total. The smallest absolute Gasteiger partial charge is 0.241 e. The highest BCUT2D eigenvalue weighted by molar-refractivity contribution is 5.83. The van der Waals surface area contributed by atoms with Crippen molar-refractivity contribution in [2.75, 3.05) is 18.4 Å². The van der Waals surface area contributed by atoms with Crippen molar-refractivity contribution < 1.29 is 4.79 Å². The maximum absolute atomic E-state index is 13.5. The zero-order chi connectivity index (χ0) is 22.1. The number of piperidine rings is 1. The van der Waals surface area contributed by atoms with E-state index >= 15 is 0 Å². The second-order valence-corrected chi connectivity index (χ2v) is 9.84. The summed E-state index contributed by atoms with van der Waals surface area (Å²) in [5.41, 5.74) is 9.78. The summed E-state index contributed by atoms with van der Waals surface area (Å²) in [6.45, 7) is 5.92. The molecule has 1 amide bonds. The zero-order valence-corrected chi connectivity index (χ0v) is 19.1. The third-order valence-corrected chi connectivity index (χ3v) is 7.34. The molecule has 1 aliphatic carbocycles. The van der Waals surface area contributed by atoms with E-state index in [1.165, 1.54) is 6.42 Å². The molecule has 2 aromatic heterocycles. The number of hydrazine groups is 1. The molecule has 32 heavy (non-hydrogen) atoms. The Hall–Kier alpha value is -2.51. The Kier molecular flexibility index (Phi) is 6.11. The molecule has 2 aromatic rings. The third-order valence-electron chi connectivity index (χ3n) is 7.34. The van der Waals surface area contributed by atoms with Gasteiger partial charge in [-0.3, -0.25) is 15.2 Å². The van der Waals surface area contributed by atoms with Gasteiger partial charge in [0.15, 0.2) is 0 Å². The molecule has 7 heteroatoms. The Morgan fingerprint density at radius 3 is 2.94 bits per heavy atom. The van der Waals surface area contributed by atoms with Gasteiger partial charge >= 0.3 is 0 Å². The van der Waals surface area contributed by atoms with Gasteiger partial charge in [0, 0.05) is 54.2 Å². The van der Waals surface area contributed by atoms with Crippen LogP contribution in [0.4, 0.5) is 11.5 Å². The first-order valence-electron chi connectivity index (χ1n) is 12.0. The summed E-state index contributed by atoms with van der Waals surface area (Å²) < 4.78 is 0. The first-order chi connectivity index (χ1) is 15.6. The lowest BCUT2D eigenvalue weighted by Gasteiger charge is -2.37. The highest BCUT2D eigenvalue weighted by Crippen LogP contribution is 2.35. The van der Waals surface area contributed by atoms with Crippen LogP contribution in [0, 0.1) is 18.8 Å². The number of carbonyl (C=O) groups excluding carboxylic acids is 1. The van der Waals surface area contributed by atoms with Gasteiger partial charge in [-0.1, -0.05) is 13.0 Å². The van der Waals surface area contributed by atoms with Gasteiger partial charge in [0.2, 0.25) is 5.91 Å². The quantitative estimate of drug-likeness (QED) is 0.683. The van der Waals surface area contributed by atoms with E-state index in [1.54, 1.807) is 6.20 Å². The molecule has 3 aliphatic rings. The lowest BCUT2D eigenvalue weighted by atomic mass is 9.76. The Morgan fingerprint density at radius 2 is 2.09 bits per heavy atom. The number of aromatic nitrogens is 2. The van der Waals surface area contributed by atoms with Crippen molar-refractivity contribution in [3.05, 3.63) is 47.9 Å². The molecule has 0 spiro atoms. The molecular weight excluding hydrogens is 400 g/mol. The minimum Gasteiger partial charge on any atom is -0.341 e. The van der Waals surface area contributed by atoms with Gasteiger partial charge in [0.1, 0.15) is 11.9 Å². The van der Waals surface area contributed by atoms with Crippen LogP contribution < -0.4 is 16.2 Å². The first-order valence-corrected chi connectivity index (χ1v) is 12.0. The van der Waals surface area contributed by atoms with Crippen LogP contribution >= 0.6 is 0 Å². The van der Waals surface area contributed by atoms with Crippen LogP contribution in [0.2, 0.25) is 0 Å². The highest BCUT2D eigenvalue weighted by atomic mass is 16.2. The molecule has 0 bridgehead atoms. The second kappa shape index (κ2) is 9.16. The average molecular weight is 435 g/mol. The average Bonchev–Trinajstić information content (AvgIpc) is 3.22. The van der Waals surface area contributed by atoms with Gasteiger partial charge in [-0.25, -0.2) is 10.4 Å². The topological polar surface area (TPSA) is 82.2 Å². The fraction of sp³-hybridized carbons (Fsp3) is 0.560. The summed E-state index contributed by atoms with van der Waals surface area (Å²) in [7, 11) is 0. The molecule has 1 saturated carbocycles. The number of nitrogens with zero attached hydrogens (tertiary/aromatic N) is 3. The highest BCUT2D eigenvalue weighted by Gasteiger charge is 2.44. The molecule has 7 nitrogen and oxygen atoms in total. The predicted molar refractivity (Wildman–Crippen MR) is 125 cm³/mol. The molecule has 170 valence electrons. The predicted octanol–water partition coefficient (Wildman–Crippen LogP) is 3.52. The Labute approximate surface area is 190 Å². The van der Waals surface area contributed by atoms with E-state index in [1.807, 2.05) is 31.2 Å².